The molecule has 0 aromatic carbocycles. The Morgan fingerprint density at radius 1 is 1.35 bits per heavy atom. The van der Waals surface area contributed by atoms with Crippen LogP contribution in [0.15, 0.2) is 21.8 Å². The summed E-state index contributed by atoms with van der Waals surface area (Å²) in [7, 11) is -3.26. The van der Waals surface area contributed by atoms with Crippen molar-refractivity contribution in [1.82, 2.24) is 4.98 Å². The molecule has 0 bridgehead atoms. The first-order valence-electron chi connectivity index (χ1n) is 5.42. The molecule has 2 rings (SSSR count). The van der Waals surface area contributed by atoms with Crippen LogP contribution < -0.4 is 0 Å². The number of rotatable bonds is 2. The van der Waals surface area contributed by atoms with Crippen LogP contribution in [-0.4, -0.2) is 32.9 Å². The lowest BCUT2D eigenvalue weighted by molar-refractivity contribution is 0.0852. The Kier molecular flexibility index (Phi) is 3.85. The van der Waals surface area contributed by atoms with Crippen LogP contribution in [0.1, 0.15) is 24.3 Å². The molecular formula is C11H14BrNO3S. The SMILES string of the molecule is CS(=O)(=O)c1cc(C2CCOCC2)cc(Br)n1. The number of nitrogens with zero attached hydrogens (tertiary/aromatic N) is 1. The van der Waals surface area contributed by atoms with Gasteiger partial charge in [-0.3, -0.25) is 0 Å². The first kappa shape index (κ1) is 13.0. The summed E-state index contributed by atoms with van der Waals surface area (Å²) in [6.07, 6.45) is 3.04. The fraction of sp³-hybridized carbons (Fsp3) is 0.545. The quantitative estimate of drug-likeness (QED) is 0.784. The van der Waals surface area contributed by atoms with Gasteiger partial charge in [0.05, 0.1) is 0 Å². The fourth-order valence-corrected chi connectivity index (χ4v) is 3.14. The lowest BCUT2D eigenvalue weighted by Gasteiger charge is -2.22. The lowest BCUT2D eigenvalue weighted by Crippen LogP contribution is -2.15. The maximum Gasteiger partial charge on any atom is 0.192 e. The molecule has 0 atom stereocenters. The molecule has 0 unspecified atom stereocenters. The van der Waals surface area contributed by atoms with Gasteiger partial charge >= 0.3 is 0 Å². The Labute approximate surface area is 109 Å². The standard InChI is InChI=1S/C11H14BrNO3S/c1-17(14,15)11-7-9(6-10(12)13-11)8-2-4-16-5-3-8/h6-8H,2-5H2,1H3. The van der Waals surface area contributed by atoms with Crippen molar-refractivity contribution in [3.8, 4) is 0 Å². The van der Waals surface area contributed by atoms with Gasteiger partial charge in [-0.25, -0.2) is 13.4 Å². The summed E-state index contributed by atoms with van der Waals surface area (Å²) in [5.41, 5.74) is 1.02. The molecule has 1 fully saturated rings. The minimum absolute atomic E-state index is 0.133. The van der Waals surface area contributed by atoms with E-state index in [-0.39, 0.29) is 5.03 Å². The second-order valence-corrected chi connectivity index (χ2v) is 7.00. The maximum atomic E-state index is 11.5. The zero-order valence-corrected chi connectivity index (χ0v) is 11.9. The van der Waals surface area contributed by atoms with Crippen LogP contribution in [-0.2, 0) is 14.6 Å². The van der Waals surface area contributed by atoms with Crippen LogP contribution in [0.5, 0.6) is 0 Å². The van der Waals surface area contributed by atoms with Crippen molar-refractivity contribution < 1.29 is 13.2 Å². The third-order valence-corrected chi connectivity index (χ3v) is 4.24. The van der Waals surface area contributed by atoms with E-state index < -0.39 is 9.84 Å². The number of hydrogen-bond acceptors (Lipinski definition) is 4. The number of sulfone groups is 1. The molecule has 4 nitrogen and oxygen atoms in total. The van der Waals surface area contributed by atoms with E-state index in [4.69, 9.17) is 4.74 Å². The Hall–Kier alpha value is -0.460. The normalized spacial score (nSPS) is 18.2. The average molecular weight is 320 g/mol. The predicted octanol–water partition coefficient (Wildman–Crippen LogP) is 2.14. The van der Waals surface area contributed by atoms with Crippen LogP contribution in [0.25, 0.3) is 0 Å². The van der Waals surface area contributed by atoms with Crippen LogP contribution in [0.4, 0.5) is 0 Å². The van der Waals surface area contributed by atoms with Crippen LogP contribution in [0.3, 0.4) is 0 Å². The van der Waals surface area contributed by atoms with E-state index in [0.717, 1.165) is 31.6 Å². The Balaban J connectivity index is 2.37. The highest BCUT2D eigenvalue weighted by molar-refractivity contribution is 9.10. The molecule has 1 aromatic heterocycles. The van der Waals surface area contributed by atoms with Crippen molar-refractivity contribution in [3.05, 3.63) is 22.3 Å². The van der Waals surface area contributed by atoms with Gasteiger partial charge in [-0.15, -0.1) is 0 Å². The zero-order valence-electron chi connectivity index (χ0n) is 9.52. The Morgan fingerprint density at radius 2 is 2.00 bits per heavy atom. The first-order chi connectivity index (χ1) is 7.97. The van der Waals surface area contributed by atoms with Crippen molar-refractivity contribution in [2.75, 3.05) is 19.5 Å². The van der Waals surface area contributed by atoms with Gasteiger partial charge in [-0.1, -0.05) is 0 Å². The van der Waals surface area contributed by atoms with E-state index >= 15 is 0 Å². The van der Waals surface area contributed by atoms with Crippen LogP contribution in [0.2, 0.25) is 0 Å². The monoisotopic (exact) mass is 319 g/mol. The molecule has 1 aliphatic heterocycles. The molecule has 94 valence electrons. The minimum Gasteiger partial charge on any atom is -0.381 e. The maximum absolute atomic E-state index is 11.5. The predicted molar refractivity (Wildman–Crippen MR) is 67.8 cm³/mol. The molecular weight excluding hydrogens is 306 g/mol. The van der Waals surface area contributed by atoms with Gasteiger partial charge in [0.15, 0.2) is 14.9 Å². The smallest absolute Gasteiger partial charge is 0.192 e. The molecule has 2 heterocycles. The second-order valence-electron chi connectivity index (χ2n) is 4.22. The van der Waals surface area contributed by atoms with Gasteiger partial charge in [0, 0.05) is 19.5 Å². The number of halogens is 1. The van der Waals surface area contributed by atoms with Gasteiger partial charge < -0.3 is 4.74 Å². The van der Waals surface area contributed by atoms with Gasteiger partial charge in [-0.05, 0) is 52.4 Å². The van der Waals surface area contributed by atoms with Gasteiger partial charge in [0.25, 0.3) is 0 Å². The van der Waals surface area contributed by atoms with Crippen molar-refractivity contribution in [1.29, 1.82) is 0 Å². The fourth-order valence-electron chi connectivity index (χ4n) is 1.95. The molecule has 0 spiro atoms. The summed E-state index contributed by atoms with van der Waals surface area (Å²) >= 11 is 3.27. The van der Waals surface area contributed by atoms with Gasteiger partial charge in [0.2, 0.25) is 0 Å². The van der Waals surface area contributed by atoms with E-state index in [1.165, 1.54) is 6.26 Å². The van der Waals surface area contributed by atoms with E-state index in [2.05, 4.69) is 20.9 Å². The molecule has 1 aromatic rings. The molecule has 17 heavy (non-hydrogen) atoms. The van der Waals surface area contributed by atoms with E-state index in [0.29, 0.717) is 10.5 Å². The second kappa shape index (κ2) is 5.04. The lowest BCUT2D eigenvalue weighted by atomic mass is 9.93. The molecule has 0 saturated carbocycles. The van der Waals surface area contributed by atoms with Crippen molar-refractivity contribution in [2.24, 2.45) is 0 Å². The Morgan fingerprint density at radius 3 is 2.59 bits per heavy atom. The summed E-state index contributed by atoms with van der Waals surface area (Å²) in [6, 6.07) is 3.57. The molecule has 1 aliphatic rings. The molecule has 0 amide bonds. The summed E-state index contributed by atoms with van der Waals surface area (Å²) < 4.78 is 28.9. The van der Waals surface area contributed by atoms with E-state index in [9.17, 15) is 8.42 Å². The summed E-state index contributed by atoms with van der Waals surface area (Å²) in [6.45, 7) is 1.47. The molecule has 1 saturated heterocycles. The number of ether oxygens (including phenoxy) is 1. The van der Waals surface area contributed by atoms with Gasteiger partial charge in [-0.2, -0.15) is 0 Å². The average Bonchev–Trinajstić information content (AvgIpc) is 2.28. The molecule has 6 heteroatoms. The minimum atomic E-state index is -3.26. The number of hydrogen-bond donors (Lipinski definition) is 0. The third-order valence-electron chi connectivity index (χ3n) is 2.87. The van der Waals surface area contributed by atoms with Gasteiger partial charge in [0.1, 0.15) is 4.60 Å². The van der Waals surface area contributed by atoms with Crippen molar-refractivity contribution in [3.63, 3.8) is 0 Å². The highest BCUT2D eigenvalue weighted by atomic mass is 79.9. The van der Waals surface area contributed by atoms with Crippen LogP contribution >= 0.6 is 15.9 Å². The molecule has 0 aliphatic carbocycles. The van der Waals surface area contributed by atoms with E-state index in [1.807, 2.05) is 6.07 Å². The summed E-state index contributed by atoms with van der Waals surface area (Å²) in [5.74, 6) is 0.364. The number of pyridine rings is 1. The topological polar surface area (TPSA) is 56.3 Å². The molecule has 0 radical (unpaired) electrons. The highest BCUT2D eigenvalue weighted by Crippen LogP contribution is 2.29. The van der Waals surface area contributed by atoms with Crippen molar-refractivity contribution >= 4 is 25.8 Å². The number of aromatic nitrogens is 1. The first-order valence-corrected chi connectivity index (χ1v) is 8.10. The Bertz CT molecular complexity index is 509. The largest absolute Gasteiger partial charge is 0.381 e. The highest BCUT2D eigenvalue weighted by Gasteiger charge is 2.19. The van der Waals surface area contributed by atoms with E-state index in [1.54, 1.807) is 6.07 Å². The summed E-state index contributed by atoms with van der Waals surface area (Å²) in [5, 5.41) is 0.133. The third kappa shape index (κ3) is 3.26. The van der Waals surface area contributed by atoms with Crippen molar-refractivity contribution in [2.45, 2.75) is 23.8 Å². The zero-order chi connectivity index (χ0) is 12.5. The van der Waals surface area contributed by atoms with Crippen LogP contribution in [0, 0.1) is 0 Å². The summed E-state index contributed by atoms with van der Waals surface area (Å²) in [4.78, 5) is 4.00. The molecule has 0 N–H and O–H groups in total.